The number of nitrogens with two attached hydrogens (primary N) is 1. The fourth-order valence-electron chi connectivity index (χ4n) is 2.48. The summed E-state index contributed by atoms with van der Waals surface area (Å²) in [5, 5.41) is 0. The summed E-state index contributed by atoms with van der Waals surface area (Å²) in [5.74, 6) is 0. The van der Waals surface area contributed by atoms with Crippen LogP contribution in [-0.4, -0.2) is 29.6 Å². The number of hydrogen-bond acceptors (Lipinski definition) is 2. The van der Waals surface area contributed by atoms with E-state index in [1.165, 1.54) is 51.6 Å². The highest BCUT2D eigenvalue weighted by Gasteiger charge is 2.33. The fraction of sp³-hybridized carbons (Fsp3) is 1.00. The number of hydrogen-bond donors (Lipinski definition) is 1. The lowest BCUT2D eigenvalue weighted by atomic mass is 9.87. The highest BCUT2D eigenvalue weighted by atomic mass is 15.2. The van der Waals surface area contributed by atoms with Gasteiger partial charge in [0.1, 0.15) is 0 Å². The van der Waals surface area contributed by atoms with Crippen LogP contribution in [-0.2, 0) is 0 Å². The summed E-state index contributed by atoms with van der Waals surface area (Å²) in [5.41, 5.74) is 6.52. The first-order chi connectivity index (χ1) is 7.09. The standard InChI is InChI=1S/C13H28N2/c1-4-5-9-12(14)13(2,3)15-10-7-6-8-11-15/h12H,4-11,14H2,1-3H3. The summed E-state index contributed by atoms with van der Waals surface area (Å²) in [6.07, 6.45) is 7.78. The molecule has 1 atom stereocenters. The summed E-state index contributed by atoms with van der Waals surface area (Å²) >= 11 is 0. The van der Waals surface area contributed by atoms with Gasteiger partial charge < -0.3 is 5.73 Å². The van der Waals surface area contributed by atoms with Gasteiger partial charge in [0.15, 0.2) is 0 Å². The lowest BCUT2D eigenvalue weighted by molar-refractivity contribution is 0.0699. The van der Waals surface area contributed by atoms with Gasteiger partial charge in [0.2, 0.25) is 0 Å². The highest BCUT2D eigenvalue weighted by Crippen LogP contribution is 2.25. The smallest absolute Gasteiger partial charge is 0.0304 e. The van der Waals surface area contributed by atoms with Gasteiger partial charge in [-0.2, -0.15) is 0 Å². The van der Waals surface area contributed by atoms with Gasteiger partial charge in [0, 0.05) is 11.6 Å². The summed E-state index contributed by atoms with van der Waals surface area (Å²) in [6, 6.07) is 0.329. The van der Waals surface area contributed by atoms with E-state index in [0.717, 1.165) is 0 Å². The SMILES string of the molecule is CCCCC(N)C(C)(C)N1CCCCC1. The van der Waals surface area contributed by atoms with Crippen LogP contribution in [0.5, 0.6) is 0 Å². The Bertz CT molecular complexity index is 171. The fourth-order valence-corrected chi connectivity index (χ4v) is 2.48. The second-order valence-corrected chi connectivity index (χ2v) is 5.45. The molecule has 2 heteroatoms. The van der Waals surface area contributed by atoms with Crippen LogP contribution in [0, 0.1) is 0 Å². The predicted molar refractivity (Wildman–Crippen MR) is 67.0 cm³/mol. The predicted octanol–water partition coefficient (Wildman–Crippen LogP) is 2.77. The number of piperidine rings is 1. The molecular weight excluding hydrogens is 184 g/mol. The number of unbranched alkanes of at least 4 members (excludes halogenated alkanes) is 1. The third-order valence-electron chi connectivity index (χ3n) is 3.95. The molecule has 1 fully saturated rings. The molecule has 1 unspecified atom stereocenters. The quantitative estimate of drug-likeness (QED) is 0.759. The zero-order valence-electron chi connectivity index (χ0n) is 10.8. The average Bonchev–Trinajstić information content (AvgIpc) is 2.27. The maximum absolute atomic E-state index is 6.33. The molecular formula is C13H28N2. The van der Waals surface area contributed by atoms with Crippen molar-refractivity contribution in [1.29, 1.82) is 0 Å². The summed E-state index contributed by atoms with van der Waals surface area (Å²) < 4.78 is 0. The molecule has 0 aromatic heterocycles. The molecule has 0 bridgehead atoms. The second-order valence-electron chi connectivity index (χ2n) is 5.45. The molecule has 15 heavy (non-hydrogen) atoms. The minimum Gasteiger partial charge on any atom is -0.326 e. The van der Waals surface area contributed by atoms with Crippen molar-refractivity contribution in [1.82, 2.24) is 4.90 Å². The number of likely N-dealkylation sites (tertiary alicyclic amines) is 1. The maximum Gasteiger partial charge on any atom is 0.0304 e. The van der Waals surface area contributed by atoms with Crippen LogP contribution < -0.4 is 5.73 Å². The Labute approximate surface area is 95.2 Å². The van der Waals surface area contributed by atoms with Gasteiger partial charge in [-0.1, -0.05) is 26.2 Å². The molecule has 1 saturated heterocycles. The Morgan fingerprint density at radius 2 is 1.80 bits per heavy atom. The van der Waals surface area contributed by atoms with E-state index in [-0.39, 0.29) is 5.54 Å². The first-order valence-corrected chi connectivity index (χ1v) is 6.59. The molecule has 0 aromatic carbocycles. The normalized spacial score (nSPS) is 21.6. The largest absolute Gasteiger partial charge is 0.326 e. The lowest BCUT2D eigenvalue weighted by Crippen LogP contribution is -2.57. The van der Waals surface area contributed by atoms with E-state index in [2.05, 4.69) is 25.7 Å². The van der Waals surface area contributed by atoms with Gasteiger partial charge in [-0.25, -0.2) is 0 Å². The second kappa shape index (κ2) is 5.86. The summed E-state index contributed by atoms with van der Waals surface area (Å²) in [4.78, 5) is 2.59. The van der Waals surface area contributed by atoms with Gasteiger partial charge in [-0.3, -0.25) is 4.90 Å². The number of rotatable bonds is 5. The monoisotopic (exact) mass is 212 g/mol. The first kappa shape index (κ1) is 13.0. The van der Waals surface area contributed by atoms with Crippen LogP contribution >= 0.6 is 0 Å². The molecule has 2 N–H and O–H groups in total. The van der Waals surface area contributed by atoms with Crippen molar-refractivity contribution in [3.8, 4) is 0 Å². The molecule has 0 amide bonds. The Balaban J connectivity index is 2.46. The van der Waals surface area contributed by atoms with E-state index >= 15 is 0 Å². The average molecular weight is 212 g/mol. The zero-order valence-corrected chi connectivity index (χ0v) is 10.8. The van der Waals surface area contributed by atoms with Gasteiger partial charge in [0.25, 0.3) is 0 Å². The van der Waals surface area contributed by atoms with Crippen LogP contribution in [0.4, 0.5) is 0 Å². The molecule has 0 aliphatic carbocycles. The Morgan fingerprint density at radius 3 is 2.33 bits per heavy atom. The molecule has 1 aliphatic heterocycles. The van der Waals surface area contributed by atoms with Gasteiger partial charge in [0.05, 0.1) is 0 Å². The van der Waals surface area contributed by atoms with E-state index in [0.29, 0.717) is 6.04 Å². The molecule has 1 heterocycles. The van der Waals surface area contributed by atoms with Crippen LogP contribution in [0.25, 0.3) is 0 Å². The number of nitrogens with zero attached hydrogens (tertiary/aromatic N) is 1. The van der Waals surface area contributed by atoms with Crippen molar-refractivity contribution in [2.75, 3.05) is 13.1 Å². The molecule has 0 aromatic rings. The highest BCUT2D eigenvalue weighted by molar-refractivity contribution is 4.92. The van der Waals surface area contributed by atoms with Crippen LogP contribution in [0.2, 0.25) is 0 Å². The minimum absolute atomic E-state index is 0.190. The Hall–Kier alpha value is -0.0800. The molecule has 0 spiro atoms. The van der Waals surface area contributed by atoms with Crippen LogP contribution in [0.3, 0.4) is 0 Å². The van der Waals surface area contributed by atoms with E-state index < -0.39 is 0 Å². The third kappa shape index (κ3) is 3.46. The molecule has 0 saturated carbocycles. The first-order valence-electron chi connectivity index (χ1n) is 6.59. The van der Waals surface area contributed by atoms with Crippen molar-refractivity contribution in [3.05, 3.63) is 0 Å². The van der Waals surface area contributed by atoms with E-state index in [4.69, 9.17) is 5.73 Å². The lowest BCUT2D eigenvalue weighted by Gasteiger charge is -2.44. The third-order valence-corrected chi connectivity index (χ3v) is 3.95. The van der Waals surface area contributed by atoms with E-state index in [9.17, 15) is 0 Å². The maximum atomic E-state index is 6.33. The van der Waals surface area contributed by atoms with Crippen molar-refractivity contribution in [3.63, 3.8) is 0 Å². The van der Waals surface area contributed by atoms with Crippen molar-refractivity contribution in [2.45, 2.75) is 70.9 Å². The van der Waals surface area contributed by atoms with Crippen molar-refractivity contribution in [2.24, 2.45) is 5.73 Å². The molecule has 2 nitrogen and oxygen atoms in total. The van der Waals surface area contributed by atoms with Gasteiger partial charge in [-0.05, 0) is 46.2 Å². The summed E-state index contributed by atoms with van der Waals surface area (Å²) in [6.45, 7) is 9.36. The molecule has 1 rings (SSSR count). The van der Waals surface area contributed by atoms with Gasteiger partial charge >= 0.3 is 0 Å². The van der Waals surface area contributed by atoms with Crippen molar-refractivity contribution < 1.29 is 0 Å². The van der Waals surface area contributed by atoms with Gasteiger partial charge in [-0.15, -0.1) is 0 Å². The zero-order chi connectivity index (χ0) is 11.3. The van der Waals surface area contributed by atoms with Crippen LogP contribution in [0.15, 0.2) is 0 Å². The topological polar surface area (TPSA) is 29.3 Å². The van der Waals surface area contributed by atoms with E-state index in [1.807, 2.05) is 0 Å². The minimum atomic E-state index is 0.190. The van der Waals surface area contributed by atoms with Crippen molar-refractivity contribution >= 4 is 0 Å². The summed E-state index contributed by atoms with van der Waals surface area (Å²) in [7, 11) is 0. The Morgan fingerprint density at radius 1 is 1.20 bits per heavy atom. The van der Waals surface area contributed by atoms with Crippen LogP contribution in [0.1, 0.15) is 59.3 Å². The van der Waals surface area contributed by atoms with E-state index in [1.54, 1.807) is 0 Å². The molecule has 0 radical (unpaired) electrons. The Kier molecular flexibility index (Phi) is 5.07. The molecule has 90 valence electrons. The molecule has 1 aliphatic rings.